The van der Waals surface area contributed by atoms with E-state index in [0.29, 0.717) is 24.4 Å². The molecule has 1 aliphatic rings. The Kier molecular flexibility index (Phi) is 5.56. The van der Waals surface area contributed by atoms with E-state index in [2.05, 4.69) is 54.3 Å². The molecular formula is C16H25N3O. The maximum atomic E-state index is 11.9. The summed E-state index contributed by atoms with van der Waals surface area (Å²) in [7, 11) is 0. The van der Waals surface area contributed by atoms with Crippen molar-refractivity contribution in [3.05, 3.63) is 35.9 Å². The van der Waals surface area contributed by atoms with Gasteiger partial charge >= 0.3 is 0 Å². The highest BCUT2D eigenvalue weighted by Gasteiger charge is 2.31. The van der Waals surface area contributed by atoms with Crippen LogP contribution in [0.15, 0.2) is 30.3 Å². The van der Waals surface area contributed by atoms with Gasteiger partial charge in [-0.15, -0.1) is 0 Å². The van der Waals surface area contributed by atoms with Gasteiger partial charge in [0.1, 0.15) is 0 Å². The van der Waals surface area contributed by atoms with Gasteiger partial charge in [0.25, 0.3) is 0 Å². The first-order valence-corrected chi connectivity index (χ1v) is 7.48. The Bertz CT molecular complexity index is 411. The minimum Gasteiger partial charge on any atom is -0.356 e. The molecule has 1 aromatic carbocycles. The van der Waals surface area contributed by atoms with Crippen LogP contribution in [-0.4, -0.2) is 24.5 Å². The molecule has 2 unspecified atom stereocenters. The van der Waals surface area contributed by atoms with E-state index < -0.39 is 0 Å². The molecule has 0 saturated carbocycles. The van der Waals surface area contributed by atoms with Crippen LogP contribution in [0.25, 0.3) is 0 Å². The van der Waals surface area contributed by atoms with E-state index in [4.69, 9.17) is 0 Å². The lowest BCUT2D eigenvalue weighted by molar-refractivity contribution is -0.122. The van der Waals surface area contributed by atoms with E-state index in [1.807, 2.05) is 6.07 Å². The lowest BCUT2D eigenvalue weighted by Crippen LogP contribution is -2.32. The topological polar surface area (TPSA) is 53.2 Å². The highest BCUT2D eigenvalue weighted by molar-refractivity contribution is 5.76. The van der Waals surface area contributed by atoms with E-state index in [9.17, 15) is 4.79 Å². The SMILES string of the molecule is CC1NNC(C)C1CC(=O)NCCCc1ccccc1. The van der Waals surface area contributed by atoms with Crippen LogP contribution >= 0.6 is 0 Å². The van der Waals surface area contributed by atoms with Crippen LogP contribution in [0.4, 0.5) is 0 Å². The zero-order chi connectivity index (χ0) is 14.4. The summed E-state index contributed by atoms with van der Waals surface area (Å²) in [4.78, 5) is 11.9. The van der Waals surface area contributed by atoms with Crippen molar-refractivity contribution in [3.63, 3.8) is 0 Å². The van der Waals surface area contributed by atoms with Crippen molar-refractivity contribution in [2.75, 3.05) is 6.54 Å². The number of nitrogens with one attached hydrogen (secondary N) is 3. The van der Waals surface area contributed by atoms with Crippen molar-refractivity contribution in [1.82, 2.24) is 16.2 Å². The predicted molar refractivity (Wildman–Crippen MR) is 81.1 cm³/mol. The summed E-state index contributed by atoms with van der Waals surface area (Å²) in [5.74, 6) is 0.524. The third-order valence-electron chi connectivity index (χ3n) is 4.05. The van der Waals surface area contributed by atoms with E-state index in [-0.39, 0.29) is 5.91 Å². The molecule has 0 spiro atoms. The van der Waals surface area contributed by atoms with Crippen LogP contribution in [0.1, 0.15) is 32.3 Å². The number of aryl methyl sites for hydroxylation is 1. The summed E-state index contributed by atoms with van der Waals surface area (Å²) in [5, 5.41) is 3.03. The first kappa shape index (κ1) is 15.0. The van der Waals surface area contributed by atoms with Gasteiger partial charge in [-0.25, -0.2) is 0 Å². The number of hydrogen-bond acceptors (Lipinski definition) is 3. The molecule has 1 aromatic rings. The van der Waals surface area contributed by atoms with Gasteiger partial charge in [-0.1, -0.05) is 30.3 Å². The van der Waals surface area contributed by atoms with Gasteiger partial charge in [-0.05, 0) is 32.3 Å². The summed E-state index contributed by atoms with van der Waals surface area (Å²) in [5.41, 5.74) is 7.69. The summed E-state index contributed by atoms with van der Waals surface area (Å²) < 4.78 is 0. The highest BCUT2D eigenvalue weighted by atomic mass is 16.1. The van der Waals surface area contributed by atoms with Crippen LogP contribution in [0.2, 0.25) is 0 Å². The van der Waals surface area contributed by atoms with Gasteiger partial charge in [-0.2, -0.15) is 0 Å². The molecule has 1 amide bonds. The highest BCUT2D eigenvalue weighted by Crippen LogP contribution is 2.18. The smallest absolute Gasteiger partial charge is 0.220 e. The molecule has 20 heavy (non-hydrogen) atoms. The van der Waals surface area contributed by atoms with Crippen LogP contribution in [0, 0.1) is 5.92 Å². The zero-order valence-corrected chi connectivity index (χ0v) is 12.4. The Morgan fingerprint density at radius 2 is 1.80 bits per heavy atom. The van der Waals surface area contributed by atoms with Crippen molar-refractivity contribution >= 4 is 5.91 Å². The molecule has 2 rings (SSSR count). The third-order valence-corrected chi connectivity index (χ3v) is 4.05. The molecule has 1 aliphatic heterocycles. The molecule has 0 radical (unpaired) electrons. The lowest BCUT2D eigenvalue weighted by atomic mass is 9.93. The molecule has 4 heteroatoms. The molecule has 4 nitrogen and oxygen atoms in total. The summed E-state index contributed by atoms with van der Waals surface area (Å²) >= 11 is 0. The summed E-state index contributed by atoms with van der Waals surface area (Å²) in [6.07, 6.45) is 2.59. The second-order valence-corrected chi connectivity index (χ2v) is 5.67. The normalized spacial score (nSPS) is 25.6. The van der Waals surface area contributed by atoms with Crippen molar-refractivity contribution in [1.29, 1.82) is 0 Å². The average Bonchev–Trinajstić information content (AvgIpc) is 2.77. The summed E-state index contributed by atoms with van der Waals surface area (Å²) in [6.45, 7) is 4.98. The van der Waals surface area contributed by atoms with Crippen LogP contribution in [0.5, 0.6) is 0 Å². The molecule has 1 heterocycles. The maximum absolute atomic E-state index is 11.9. The minimum absolute atomic E-state index is 0.160. The number of carbonyl (C=O) groups excluding carboxylic acids is 1. The van der Waals surface area contributed by atoms with Crippen molar-refractivity contribution in [2.45, 2.75) is 45.2 Å². The zero-order valence-electron chi connectivity index (χ0n) is 12.4. The van der Waals surface area contributed by atoms with Gasteiger partial charge in [0.05, 0.1) is 0 Å². The first-order chi connectivity index (χ1) is 9.66. The fourth-order valence-electron chi connectivity index (χ4n) is 2.71. The Balaban J connectivity index is 1.63. The van der Waals surface area contributed by atoms with Crippen LogP contribution < -0.4 is 16.2 Å². The Hall–Kier alpha value is -1.39. The Morgan fingerprint density at radius 3 is 2.45 bits per heavy atom. The molecule has 0 aromatic heterocycles. The standard InChI is InChI=1S/C16H25N3O/c1-12-15(13(2)19-18-12)11-16(20)17-10-6-9-14-7-4-3-5-8-14/h3-5,7-8,12-13,15,18-19H,6,9-11H2,1-2H3,(H,17,20). The average molecular weight is 275 g/mol. The van der Waals surface area contributed by atoms with E-state index in [1.165, 1.54) is 5.56 Å². The van der Waals surface area contributed by atoms with Gasteiger partial charge in [0.15, 0.2) is 0 Å². The van der Waals surface area contributed by atoms with Crippen molar-refractivity contribution < 1.29 is 4.79 Å². The lowest BCUT2D eigenvalue weighted by Gasteiger charge is -2.17. The number of hydrazine groups is 1. The van der Waals surface area contributed by atoms with Crippen molar-refractivity contribution in [2.24, 2.45) is 5.92 Å². The monoisotopic (exact) mass is 275 g/mol. The van der Waals surface area contributed by atoms with Crippen LogP contribution in [0.3, 0.4) is 0 Å². The largest absolute Gasteiger partial charge is 0.356 e. The molecule has 2 atom stereocenters. The second kappa shape index (κ2) is 7.41. The van der Waals surface area contributed by atoms with E-state index in [0.717, 1.165) is 19.4 Å². The Morgan fingerprint density at radius 1 is 1.15 bits per heavy atom. The van der Waals surface area contributed by atoms with Gasteiger partial charge in [0.2, 0.25) is 5.91 Å². The number of amides is 1. The number of benzene rings is 1. The van der Waals surface area contributed by atoms with E-state index >= 15 is 0 Å². The molecular weight excluding hydrogens is 250 g/mol. The molecule has 0 bridgehead atoms. The molecule has 110 valence electrons. The second-order valence-electron chi connectivity index (χ2n) is 5.67. The molecule has 3 N–H and O–H groups in total. The third kappa shape index (κ3) is 4.32. The summed E-state index contributed by atoms with van der Waals surface area (Å²) in [6, 6.07) is 11.1. The van der Waals surface area contributed by atoms with Gasteiger partial charge in [0, 0.05) is 31.0 Å². The number of hydrogen-bond donors (Lipinski definition) is 3. The first-order valence-electron chi connectivity index (χ1n) is 7.48. The maximum Gasteiger partial charge on any atom is 0.220 e. The van der Waals surface area contributed by atoms with Crippen LogP contribution in [-0.2, 0) is 11.2 Å². The quantitative estimate of drug-likeness (QED) is 0.692. The van der Waals surface area contributed by atoms with Gasteiger partial charge < -0.3 is 5.32 Å². The van der Waals surface area contributed by atoms with E-state index in [1.54, 1.807) is 0 Å². The van der Waals surface area contributed by atoms with Gasteiger partial charge in [-0.3, -0.25) is 15.6 Å². The molecule has 0 aliphatic carbocycles. The fraction of sp³-hybridized carbons (Fsp3) is 0.562. The number of rotatable bonds is 6. The minimum atomic E-state index is 0.160. The van der Waals surface area contributed by atoms with Crippen molar-refractivity contribution in [3.8, 4) is 0 Å². The molecule has 1 saturated heterocycles. The molecule has 1 fully saturated rings. The number of carbonyl (C=O) groups is 1. The predicted octanol–water partition coefficient (Wildman–Crippen LogP) is 1.63. The fourth-order valence-corrected chi connectivity index (χ4v) is 2.71. The Labute approximate surface area is 121 Å².